The first-order valence-corrected chi connectivity index (χ1v) is 13.4. The van der Waals surface area contributed by atoms with Gasteiger partial charge in [-0.05, 0) is 36.1 Å². The number of piperidine rings is 1. The molecule has 0 aliphatic carbocycles. The summed E-state index contributed by atoms with van der Waals surface area (Å²) in [5.41, 5.74) is 2.45. The number of hydrogen-bond donors (Lipinski definition) is 2. The molecule has 41 heavy (non-hydrogen) atoms. The molecule has 0 atom stereocenters. The number of alkyl halides is 3. The maximum atomic E-state index is 13.0. The largest absolute Gasteiger partial charge is 0.416 e. The monoisotopic (exact) mass is 559 g/mol. The van der Waals surface area contributed by atoms with Crippen molar-refractivity contribution in [3.8, 4) is 0 Å². The zero-order chi connectivity index (χ0) is 28.2. The predicted octanol–water partition coefficient (Wildman–Crippen LogP) is 5.50. The molecule has 1 fully saturated rings. The molecule has 0 bridgehead atoms. The van der Waals surface area contributed by atoms with Crippen molar-refractivity contribution in [3.63, 3.8) is 0 Å². The van der Waals surface area contributed by atoms with Crippen LogP contribution in [0.2, 0.25) is 0 Å². The number of nitrogens with one attached hydrogen (secondary N) is 2. The minimum atomic E-state index is -4.38. The van der Waals surface area contributed by atoms with Crippen molar-refractivity contribution in [2.75, 3.05) is 23.7 Å². The molecule has 210 valence electrons. The number of aromatic nitrogens is 6. The number of imidazole rings is 1. The van der Waals surface area contributed by atoms with E-state index in [-0.39, 0.29) is 6.04 Å². The van der Waals surface area contributed by atoms with Crippen molar-refractivity contribution < 1.29 is 13.2 Å². The fraction of sp³-hybridized carbons (Fsp3) is 0.276. The summed E-state index contributed by atoms with van der Waals surface area (Å²) >= 11 is 0. The van der Waals surface area contributed by atoms with E-state index in [1.165, 1.54) is 17.7 Å². The summed E-state index contributed by atoms with van der Waals surface area (Å²) in [5.74, 6) is 1.39. The molecule has 0 saturated carbocycles. The normalized spacial score (nSPS) is 14.8. The molecule has 2 N–H and O–H groups in total. The van der Waals surface area contributed by atoms with Crippen molar-refractivity contribution in [1.82, 2.24) is 34.4 Å². The van der Waals surface area contributed by atoms with Crippen molar-refractivity contribution >= 4 is 28.7 Å². The maximum absolute atomic E-state index is 13.0. The van der Waals surface area contributed by atoms with E-state index in [4.69, 9.17) is 4.98 Å². The van der Waals surface area contributed by atoms with Gasteiger partial charge in [0.25, 0.3) is 0 Å². The van der Waals surface area contributed by atoms with Crippen molar-refractivity contribution in [2.24, 2.45) is 0 Å². The van der Waals surface area contributed by atoms with Gasteiger partial charge in [-0.3, -0.25) is 9.88 Å². The number of anilines is 3. The van der Waals surface area contributed by atoms with Gasteiger partial charge in [0.05, 0.1) is 24.6 Å². The van der Waals surface area contributed by atoms with Crippen LogP contribution in [-0.4, -0.2) is 53.5 Å². The Balaban J connectivity index is 1.23. The topological polar surface area (TPSA) is 96.7 Å². The third-order valence-corrected chi connectivity index (χ3v) is 7.08. The van der Waals surface area contributed by atoms with Gasteiger partial charge in [0.2, 0.25) is 5.95 Å². The highest BCUT2D eigenvalue weighted by Crippen LogP contribution is 2.30. The Morgan fingerprint density at radius 3 is 2.32 bits per heavy atom. The number of halogens is 3. The zero-order valence-electron chi connectivity index (χ0n) is 22.1. The van der Waals surface area contributed by atoms with Crippen LogP contribution in [0.15, 0.2) is 79.5 Å². The zero-order valence-corrected chi connectivity index (χ0v) is 22.1. The highest BCUT2D eigenvalue weighted by atomic mass is 19.4. The van der Waals surface area contributed by atoms with Gasteiger partial charge in [-0.15, -0.1) is 0 Å². The van der Waals surface area contributed by atoms with E-state index in [9.17, 15) is 13.2 Å². The van der Waals surface area contributed by atoms with Gasteiger partial charge in [0, 0.05) is 38.1 Å². The van der Waals surface area contributed by atoms with Gasteiger partial charge < -0.3 is 15.2 Å². The summed E-state index contributed by atoms with van der Waals surface area (Å²) in [6.45, 7) is 3.13. The predicted molar refractivity (Wildman–Crippen MR) is 150 cm³/mol. The minimum Gasteiger partial charge on any atom is -0.365 e. The fourth-order valence-corrected chi connectivity index (χ4v) is 4.96. The number of likely N-dealkylation sites (tertiary alicyclic amines) is 1. The fourth-order valence-electron chi connectivity index (χ4n) is 4.96. The Kier molecular flexibility index (Phi) is 7.47. The molecule has 0 amide bonds. The van der Waals surface area contributed by atoms with Crippen LogP contribution in [0.3, 0.4) is 0 Å². The standard InChI is InChI=1S/C29H28F3N9/c30-29(31,32)22-8-6-21(7-9-22)18-41-19-35-25-26(38-28(39-27(25)41)37-24-16-33-12-13-34-24)36-23-10-14-40(15-11-23)17-20-4-2-1-3-5-20/h1-9,12-13,16,19,23H,10-11,14-15,17-18H2,(H2,34,36,37,38,39). The molecule has 1 saturated heterocycles. The lowest BCUT2D eigenvalue weighted by atomic mass is 10.0. The summed E-state index contributed by atoms with van der Waals surface area (Å²) in [6, 6.07) is 15.8. The van der Waals surface area contributed by atoms with E-state index >= 15 is 0 Å². The van der Waals surface area contributed by atoms with Crippen molar-refractivity contribution in [1.29, 1.82) is 0 Å². The molecule has 3 aromatic heterocycles. The van der Waals surface area contributed by atoms with Crippen LogP contribution in [0.4, 0.5) is 30.8 Å². The lowest BCUT2D eigenvalue weighted by molar-refractivity contribution is -0.137. The molecule has 4 heterocycles. The van der Waals surface area contributed by atoms with E-state index in [0.29, 0.717) is 40.9 Å². The van der Waals surface area contributed by atoms with E-state index in [1.54, 1.807) is 29.5 Å². The first kappa shape index (κ1) is 26.6. The Morgan fingerprint density at radius 2 is 1.61 bits per heavy atom. The SMILES string of the molecule is FC(F)(F)c1ccc(Cn2cnc3c(NC4CCN(Cc5ccccc5)CC4)nc(Nc4cnccn4)nc32)cc1. The van der Waals surface area contributed by atoms with Crippen LogP contribution in [0.25, 0.3) is 11.2 Å². The smallest absolute Gasteiger partial charge is 0.365 e. The molecule has 2 aromatic carbocycles. The van der Waals surface area contributed by atoms with Crippen molar-refractivity contribution in [3.05, 3.63) is 96.2 Å². The van der Waals surface area contributed by atoms with Crippen LogP contribution in [0, 0.1) is 0 Å². The van der Waals surface area contributed by atoms with Gasteiger partial charge in [-0.25, -0.2) is 9.97 Å². The number of hydrogen-bond acceptors (Lipinski definition) is 8. The molecule has 0 unspecified atom stereocenters. The van der Waals surface area contributed by atoms with Gasteiger partial charge >= 0.3 is 6.18 Å². The molecule has 5 aromatic rings. The molecule has 12 heteroatoms. The van der Waals surface area contributed by atoms with Crippen molar-refractivity contribution in [2.45, 2.75) is 38.1 Å². The van der Waals surface area contributed by atoms with E-state index in [1.807, 2.05) is 6.07 Å². The summed E-state index contributed by atoms with van der Waals surface area (Å²) in [5, 5.41) is 6.68. The second-order valence-electron chi connectivity index (χ2n) is 10.0. The number of benzene rings is 2. The van der Waals surface area contributed by atoms with Gasteiger partial charge in [-0.1, -0.05) is 42.5 Å². The second kappa shape index (κ2) is 11.5. The number of rotatable bonds is 8. The third kappa shape index (κ3) is 6.43. The quantitative estimate of drug-likeness (QED) is 0.257. The summed E-state index contributed by atoms with van der Waals surface area (Å²) in [4.78, 5) is 24.8. The Morgan fingerprint density at radius 1 is 0.854 bits per heavy atom. The summed E-state index contributed by atoms with van der Waals surface area (Å²) in [6.07, 6.45) is 3.85. The van der Waals surface area contributed by atoms with E-state index in [0.717, 1.165) is 44.6 Å². The minimum absolute atomic E-state index is 0.199. The molecule has 6 rings (SSSR count). The summed E-state index contributed by atoms with van der Waals surface area (Å²) in [7, 11) is 0. The third-order valence-electron chi connectivity index (χ3n) is 7.08. The first-order valence-electron chi connectivity index (χ1n) is 13.4. The lowest BCUT2D eigenvalue weighted by Gasteiger charge is -2.32. The Labute approximate surface area is 234 Å². The van der Waals surface area contributed by atoms with Crippen LogP contribution in [0.5, 0.6) is 0 Å². The summed E-state index contributed by atoms with van der Waals surface area (Å²) < 4.78 is 40.9. The highest BCUT2D eigenvalue weighted by molar-refractivity contribution is 5.84. The maximum Gasteiger partial charge on any atom is 0.416 e. The van der Waals surface area contributed by atoms with Gasteiger partial charge in [0.15, 0.2) is 22.8 Å². The first-order chi connectivity index (χ1) is 19.9. The van der Waals surface area contributed by atoms with Crippen LogP contribution >= 0.6 is 0 Å². The van der Waals surface area contributed by atoms with Gasteiger partial charge in [0.1, 0.15) is 0 Å². The molecule has 0 radical (unpaired) electrons. The number of fused-ring (bicyclic) bond motifs is 1. The molecule has 1 aliphatic heterocycles. The Hall–Kier alpha value is -4.58. The number of nitrogens with zero attached hydrogens (tertiary/aromatic N) is 7. The molecule has 9 nitrogen and oxygen atoms in total. The van der Waals surface area contributed by atoms with E-state index < -0.39 is 11.7 Å². The second-order valence-corrected chi connectivity index (χ2v) is 10.0. The molecular weight excluding hydrogens is 531 g/mol. The van der Waals surface area contributed by atoms with Crippen LogP contribution < -0.4 is 10.6 Å². The van der Waals surface area contributed by atoms with Crippen LogP contribution in [-0.2, 0) is 19.3 Å². The van der Waals surface area contributed by atoms with E-state index in [2.05, 4.69) is 59.7 Å². The average molecular weight is 560 g/mol. The highest BCUT2D eigenvalue weighted by Gasteiger charge is 2.30. The Bertz CT molecular complexity index is 1580. The average Bonchev–Trinajstić information content (AvgIpc) is 3.37. The molecule has 1 aliphatic rings. The van der Waals surface area contributed by atoms with Crippen LogP contribution in [0.1, 0.15) is 29.5 Å². The van der Waals surface area contributed by atoms with Gasteiger partial charge in [-0.2, -0.15) is 23.1 Å². The molecule has 0 spiro atoms. The lowest BCUT2D eigenvalue weighted by Crippen LogP contribution is -2.38. The molecular formula is C29H28F3N9.